The summed E-state index contributed by atoms with van der Waals surface area (Å²) in [5.74, 6) is -2.13. The van der Waals surface area contributed by atoms with E-state index in [1.807, 2.05) is 6.07 Å². The third-order valence-corrected chi connectivity index (χ3v) is 4.06. The first-order chi connectivity index (χ1) is 13.9. The van der Waals surface area contributed by atoms with Gasteiger partial charge in [-0.3, -0.25) is 10.1 Å². The first-order valence-corrected chi connectivity index (χ1v) is 8.74. The molecule has 1 aliphatic rings. The number of nitrogens with zero attached hydrogens (tertiary/aromatic N) is 4. The van der Waals surface area contributed by atoms with Crippen LogP contribution in [0.1, 0.15) is 6.42 Å². The van der Waals surface area contributed by atoms with Crippen LogP contribution in [0, 0.1) is 0 Å². The molecule has 0 bridgehead atoms. The van der Waals surface area contributed by atoms with Gasteiger partial charge in [-0.05, 0) is 24.3 Å². The second-order valence-electron chi connectivity index (χ2n) is 6.32. The number of amides is 1. The van der Waals surface area contributed by atoms with E-state index in [-0.39, 0.29) is 6.54 Å². The highest BCUT2D eigenvalue weighted by Gasteiger charge is 2.38. The number of anilines is 1. The van der Waals surface area contributed by atoms with Crippen LogP contribution in [-0.4, -0.2) is 51.9 Å². The van der Waals surface area contributed by atoms with Gasteiger partial charge in [-0.15, -0.1) is 0 Å². The number of benzene rings is 1. The minimum Gasteiger partial charge on any atom is -0.365 e. The Morgan fingerprint density at radius 1 is 1.31 bits per heavy atom. The van der Waals surface area contributed by atoms with E-state index in [1.54, 1.807) is 36.7 Å². The zero-order chi connectivity index (χ0) is 20.9. The Kier molecular flexibility index (Phi) is 6.14. The van der Waals surface area contributed by atoms with Crippen LogP contribution in [0.3, 0.4) is 0 Å². The Morgan fingerprint density at radius 3 is 2.76 bits per heavy atom. The highest BCUT2D eigenvalue weighted by Crippen LogP contribution is 2.17. The fourth-order valence-electron chi connectivity index (χ4n) is 2.67. The molecule has 0 saturated heterocycles. The van der Waals surface area contributed by atoms with Crippen LogP contribution in [0.25, 0.3) is 5.69 Å². The summed E-state index contributed by atoms with van der Waals surface area (Å²) >= 11 is 0. The van der Waals surface area contributed by atoms with Crippen molar-refractivity contribution in [3.05, 3.63) is 48.6 Å². The largest absolute Gasteiger partial charge is 0.365 e. The van der Waals surface area contributed by atoms with Crippen LogP contribution >= 0.6 is 0 Å². The summed E-state index contributed by atoms with van der Waals surface area (Å²) < 4.78 is 24.9. The number of allylic oxidation sites excluding steroid dienone is 1. The number of carbonyl (C=O) groups is 1. The van der Waals surface area contributed by atoms with Gasteiger partial charge in [0.25, 0.3) is 11.7 Å². The maximum absolute atomic E-state index is 12.5. The molecule has 3 rings (SSSR count). The maximum atomic E-state index is 12.5. The zero-order valence-electron chi connectivity index (χ0n) is 15.3. The summed E-state index contributed by atoms with van der Waals surface area (Å²) in [7, 11) is 0. The molecule has 12 heteroatoms. The lowest BCUT2D eigenvalue weighted by molar-refractivity contribution is -0.125. The number of hydrogen-bond acceptors (Lipinski definition) is 8. The third-order valence-electron chi connectivity index (χ3n) is 4.06. The van der Waals surface area contributed by atoms with Gasteiger partial charge in [0.05, 0.1) is 18.1 Å². The summed E-state index contributed by atoms with van der Waals surface area (Å²) in [5.41, 5.74) is 12.6. The number of aliphatic imine (C=N–C) groups is 1. The Bertz CT molecular complexity index is 900. The summed E-state index contributed by atoms with van der Waals surface area (Å²) in [6.45, 7) is -0.0919. The third kappa shape index (κ3) is 5.12. The number of aromatic nitrogens is 3. The lowest BCUT2D eigenvalue weighted by Gasteiger charge is -2.33. The average Bonchev–Trinajstić information content (AvgIpc) is 3.21. The zero-order valence-corrected chi connectivity index (χ0v) is 15.3. The van der Waals surface area contributed by atoms with E-state index in [4.69, 9.17) is 11.5 Å². The van der Waals surface area contributed by atoms with Crippen LogP contribution in [0.2, 0.25) is 0 Å². The molecule has 2 aromatic rings. The van der Waals surface area contributed by atoms with Crippen molar-refractivity contribution in [1.29, 1.82) is 0 Å². The van der Waals surface area contributed by atoms with Crippen molar-refractivity contribution in [1.82, 2.24) is 25.6 Å². The molecule has 2 heterocycles. The van der Waals surface area contributed by atoms with E-state index < -0.39 is 30.6 Å². The topological polar surface area (TPSA) is 148 Å². The van der Waals surface area contributed by atoms with Gasteiger partial charge in [-0.25, -0.2) is 13.8 Å². The van der Waals surface area contributed by atoms with Crippen LogP contribution in [0.4, 0.5) is 14.5 Å². The van der Waals surface area contributed by atoms with E-state index in [2.05, 4.69) is 31.1 Å². The fraction of sp³-hybridized carbons (Fsp3) is 0.294. The molecule has 0 aliphatic carbocycles. The molecule has 1 unspecified atom stereocenters. The van der Waals surface area contributed by atoms with Crippen LogP contribution in [-0.2, 0) is 4.79 Å². The molecule has 1 aromatic carbocycles. The fourth-order valence-corrected chi connectivity index (χ4v) is 2.67. The summed E-state index contributed by atoms with van der Waals surface area (Å²) in [6, 6.07) is 6.37. The molecular formula is C17H21F2N9O. The monoisotopic (exact) mass is 405 g/mol. The van der Waals surface area contributed by atoms with E-state index in [1.165, 1.54) is 11.0 Å². The predicted molar refractivity (Wildman–Crippen MR) is 103 cm³/mol. The second kappa shape index (κ2) is 8.75. The molecule has 0 fully saturated rings. The highest BCUT2D eigenvalue weighted by atomic mass is 19.3. The van der Waals surface area contributed by atoms with Gasteiger partial charge in [-0.1, -0.05) is 6.07 Å². The number of rotatable bonds is 9. The summed E-state index contributed by atoms with van der Waals surface area (Å²) in [5, 5.41) is 16.9. The van der Waals surface area contributed by atoms with E-state index in [0.717, 1.165) is 5.69 Å². The molecule has 10 nitrogen and oxygen atoms in total. The van der Waals surface area contributed by atoms with Gasteiger partial charge in [0.15, 0.2) is 0 Å². The molecule has 1 aromatic heterocycles. The number of nitrogens with two attached hydrogens (primary N) is 2. The summed E-state index contributed by atoms with van der Waals surface area (Å²) in [4.78, 5) is 17.5. The first kappa shape index (κ1) is 20.4. The number of alkyl halides is 2. The SMILES string of the molecule is NC(=O)[C@]1(NCC(N)CC(F)F)N=CC=C(Nc2cccc(-n3nccn3)c2)N1. The van der Waals surface area contributed by atoms with Crippen molar-refractivity contribution in [2.75, 3.05) is 11.9 Å². The molecule has 2 atom stereocenters. The van der Waals surface area contributed by atoms with Crippen LogP contribution in [0.15, 0.2) is 53.5 Å². The Balaban J connectivity index is 1.70. The molecule has 0 radical (unpaired) electrons. The van der Waals surface area contributed by atoms with E-state index in [9.17, 15) is 13.6 Å². The minimum atomic E-state index is -2.55. The standard InChI is InChI=1S/C17H21F2N9O/c18-14(19)8-11(20)10-23-17(16(21)29)22-5-4-15(27-17)26-12-2-1-3-13(9-12)28-24-6-7-25-28/h1-7,9,11,14,23,26-27H,8,10,20H2,(H2,21,29)/t11?,17-/m1/s1. The number of carbonyl (C=O) groups excluding carboxylic acids is 1. The Labute approximate surface area is 165 Å². The van der Waals surface area contributed by atoms with Crippen molar-refractivity contribution in [3.8, 4) is 5.69 Å². The highest BCUT2D eigenvalue weighted by molar-refractivity contribution is 5.89. The molecular weight excluding hydrogens is 384 g/mol. The first-order valence-electron chi connectivity index (χ1n) is 8.74. The van der Waals surface area contributed by atoms with Gasteiger partial charge >= 0.3 is 0 Å². The molecule has 154 valence electrons. The van der Waals surface area contributed by atoms with Gasteiger partial charge in [-0.2, -0.15) is 15.0 Å². The van der Waals surface area contributed by atoms with E-state index in [0.29, 0.717) is 11.5 Å². The Morgan fingerprint density at radius 2 is 2.07 bits per heavy atom. The molecule has 29 heavy (non-hydrogen) atoms. The lowest BCUT2D eigenvalue weighted by Crippen LogP contribution is -2.66. The average molecular weight is 405 g/mol. The van der Waals surface area contributed by atoms with Crippen molar-refractivity contribution < 1.29 is 13.6 Å². The number of hydrogen-bond donors (Lipinski definition) is 5. The van der Waals surface area contributed by atoms with Crippen molar-refractivity contribution in [3.63, 3.8) is 0 Å². The number of halogens is 2. The minimum absolute atomic E-state index is 0.0919. The number of primary amides is 1. The quantitative estimate of drug-likeness (QED) is 0.391. The van der Waals surface area contributed by atoms with Gasteiger partial charge in [0.1, 0.15) is 5.82 Å². The van der Waals surface area contributed by atoms with Gasteiger partial charge < -0.3 is 22.1 Å². The normalized spacial score (nSPS) is 19.5. The molecule has 1 amide bonds. The van der Waals surface area contributed by atoms with Crippen molar-refractivity contribution in [2.45, 2.75) is 24.7 Å². The number of nitrogens with one attached hydrogen (secondary N) is 3. The maximum Gasteiger partial charge on any atom is 0.282 e. The van der Waals surface area contributed by atoms with Crippen molar-refractivity contribution >= 4 is 17.8 Å². The van der Waals surface area contributed by atoms with Gasteiger partial charge in [0.2, 0.25) is 6.43 Å². The molecule has 7 N–H and O–H groups in total. The van der Waals surface area contributed by atoms with E-state index >= 15 is 0 Å². The van der Waals surface area contributed by atoms with Gasteiger partial charge in [0, 0.05) is 30.9 Å². The molecule has 0 spiro atoms. The van der Waals surface area contributed by atoms with Crippen molar-refractivity contribution in [2.24, 2.45) is 16.5 Å². The molecule has 0 saturated carbocycles. The lowest BCUT2D eigenvalue weighted by atomic mass is 10.2. The summed E-state index contributed by atoms with van der Waals surface area (Å²) in [6.07, 6.45) is 3.05. The van der Waals surface area contributed by atoms with Crippen LogP contribution in [0.5, 0.6) is 0 Å². The Hall–Kier alpha value is -3.38. The predicted octanol–water partition coefficient (Wildman–Crippen LogP) is -0.0942. The molecule has 1 aliphatic heterocycles. The van der Waals surface area contributed by atoms with Crippen LogP contribution < -0.4 is 27.4 Å². The smallest absolute Gasteiger partial charge is 0.282 e. The second-order valence-corrected chi connectivity index (χ2v) is 6.32.